The lowest BCUT2D eigenvalue weighted by Gasteiger charge is -2.31. The fraction of sp³-hybridized carbons (Fsp3) is 0.684. The fourth-order valence-corrected chi connectivity index (χ4v) is 3.28. The minimum absolute atomic E-state index is 0.714. The highest BCUT2D eigenvalue weighted by Gasteiger charge is 2.17. The molecule has 0 saturated heterocycles. The van der Waals surface area contributed by atoms with Gasteiger partial charge in [-0.2, -0.15) is 0 Å². The summed E-state index contributed by atoms with van der Waals surface area (Å²) >= 11 is 0. The van der Waals surface area contributed by atoms with Crippen LogP contribution in [-0.4, -0.2) is 24.5 Å². The molecule has 1 aliphatic carbocycles. The second-order valence-corrected chi connectivity index (χ2v) is 7.05. The number of hydrogen-bond acceptors (Lipinski definition) is 2. The molecule has 21 heavy (non-hydrogen) atoms. The third kappa shape index (κ3) is 5.80. The van der Waals surface area contributed by atoms with Crippen molar-refractivity contribution in [2.24, 2.45) is 5.92 Å². The van der Waals surface area contributed by atoms with E-state index in [-0.39, 0.29) is 0 Å². The van der Waals surface area contributed by atoms with Crippen molar-refractivity contribution in [3.8, 4) is 0 Å². The van der Waals surface area contributed by atoms with Gasteiger partial charge in [0.2, 0.25) is 0 Å². The lowest BCUT2D eigenvalue weighted by molar-refractivity contribution is 0.184. The molecule has 0 spiro atoms. The van der Waals surface area contributed by atoms with Crippen molar-refractivity contribution in [1.82, 2.24) is 10.2 Å². The first-order chi connectivity index (χ1) is 10.1. The average molecular weight is 288 g/mol. The molecule has 1 aliphatic rings. The summed E-state index contributed by atoms with van der Waals surface area (Å²) in [5, 5.41) is 3.53. The molecule has 1 saturated carbocycles. The first-order valence-electron chi connectivity index (χ1n) is 8.64. The zero-order chi connectivity index (χ0) is 15.1. The van der Waals surface area contributed by atoms with Crippen molar-refractivity contribution in [3.05, 3.63) is 35.4 Å². The molecule has 0 atom stereocenters. The van der Waals surface area contributed by atoms with Gasteiger partial charge in [-0.3, -0.25) is 4.90 Å². The first-order valence-corrected chi connectivity index (χ1v) is 8.64. The molecule has 2 rings (SSSR count). The molecule has 0 aliphatic heterocycles. The van der Waals surface area contributed by atoms with Crippen molar-refractivity contribution < 1.29 is 0 Å². The molecule has 1 aromatic carbocycles. The Balaban J connectivity index is 1.84. The van der Waals surface area contributed by atoms with E-state index in [1.165, 1.54) is 43.2 Å². The van der Waals surface area contributed by atoms with Crippen LogP contribution in [0.5, 0.6) is 0 Å². The van der Waals surface area contributed by atoms with Gasteiger partial charge < -0.3 is 5.32 Å². The monoisotopic (exact) mass is 288 g/mol. The highest BCUT2D eigenvalue weighted by Crippen LogP contribution is 2.23. The van der Waals surface area contributed by atoms with Gasteiger partial charge in [0.25, 0.3) is 0 Å². The van der Waals surface area contributed by atoms with Crippen LogP contribution in [0.4, 0.5) is 0 Å². The number of rotatable bonds is 7. The van der Waals surface area contributed by atoms with Crippen LogP contribution in [-0.2, 0) is 13.1 Å². The van der Waals surface area contributed by atoms with Crippen molar-refractivity contribution >= 4 is 0 Å². The van der Waals surface area contributed by atoms with E-state index in [2.05, 4.69) is 55.4 Å². The second kappa shape index (κ2) is 8.55. The van der Waals surface area contributed by atoms with Crippen molar-refractivity contribution in [3.63, 3.8) is 0 Å². The molecule has 1 aromatic rings. The Hall–Kier alpha value is -0.860. The maximum Gasteiger partial charge on any atom is 0.0233 e. The Morgan fingerprint density at radius 3 is 2.57 bits per heavy atom. The van der Waals surface area contributed by atoms with E-state index < -0.39 is 0 Å². The topological polar surface area (TPSA) is 15.3 Å². The SMILES string of the molecule is CC(C)CNCc1cccc(CN(C)C2CCCCC2)c1. The predicted molar refractivity (Wildman–Crippen MR) is 91.3 cm³/mol. The molecule has 1 fully saturated rings. The molecule has 0 amide bonds. The van der Waals surface area contributed by atoms with Gasteiger partial charge >= 0.3 is 0 Å². The van der Waals surface area contributed by atoms with Gasteiger partial charge in [0.1, 0.15) is 0 Å². The molecule has 0 bridgehead atoms. The number of nitrogens with zero attached hydrogens (tertiary/aromatic N) is 1. The van der Waals surface area contributed by atoms with Crippen molar-refractivity contribution in [2.45, 2.75) is 65.1 Å². The molecule has 1 N–H and O–H groups in total. The molecule has 2 heteroatoms. The highest BCUT2D eigenvalue weighted by molar-refractivity contribution is 5.23. The van der Waals surface area contributed by atoms with Gasteiger partial charge in [0.05, 0.1) is 0 Å². The van der Waals surface area contributed by atoms with Gasteiger partial charge in [-0.05, 0) is 43.5 Å². The normalized spacial score (nSPS) is 16.8. The van der Waals surface area contributed by atoms with E-state index in [0.717, 1.165) is 25.7 Å². The van der Waals surface area contributed by atoms with Gasteiger partial charge in [0.15, 0.2) is 0 Å². The summed E-state index contributed by atoms with van der Waals surface area (Å²) < 4.78 is 0. The Kier molecular flexibility index (Phi) is 6.72. The minimum atomic E-state index is 0.714. The predicted octanol–water partition coefficient (Wildman–Crippen LogP) is 4.20. The van der Waals surface area contributed by atoms with Crippen LogP contribution in [0.1, 0.15) is 57.1 Å². The van der Waals surface area contributed by atoms with Crippen LogP contribution >= 0.6 is 0 Å². The summed E-state index contributed by atoms with van der Waals surface area (Å²) in [6.07, 6.45) is 7.02. The number of benzene rings is 1. The van der Waals surface area contributed by atoms with E-state index in [1.807, 2.05) is 0 Å². The Labute approximate surface area is 130 Å². The zero-order valence-corrected chi connectivity index (χ0v) is 14.1. The molecule has 0 radical (unpaired) electrons. The van der Waals surface area contributed by atoms with E-state index in [0.29, 0.717) is 5.92 Å². The second-order valence-electron chi connectivity index (χ2n) is 7.05. The van der Waals surface area contributed by atoms with Crippen LogP contribution in [0, 0.1) is 5.92 Å². The maximum atomic E-state index is 3.53. The summed E-state index contributed by atoms with van der Waals surface area (Å²) in [4.78, 5) is 2.56. The van der Waals surface area contributed by atoms with Crippen molar-refractivity contribution in [1.29, 1.82) is 0 Å². The third-order valence-electron chi connectivity index (χ3n) is 4.50. The average Bonchev–Trinajstić information content (AvgIpc) is 2.48. The Morgan fingerprint density at radius 2 is 1.86 bits per heavy atom. The number of hydrogen-bond donors (Lipinski definition) is 1. The molecular weight excluding hydrogens is 256 g/mol. The third-order valence-corrected chi connectivity index (χ3v) is 4.50. The summed E-state index contributed by atoms with van der Waals surface area (Å²) in [7, 11) is 2.29. The van der Waals surface area contributed by atoms with E-state index >= 15 is 0 Å². The summed E-state index contributed by atoms with van der Waals surface area (Å²) in [5.74, 6) is 0.714. The molecule has 0 heterocycles. The lowest BCUT2D eigenvalue weighted by atomic mass is 9.94. The van der Waals surface area contributed by atoms with Gasteiger partial charge in [0, 0.05) is 19.1 Å². The molecule has 118 valence electrons. The largest absolute Gasteiger partial charge is 0.312 e. The Morgan fingerprint density at radius 1 is 1.14 bits per heavy atom. The van der Waals surface area contributed by atoms with Gasteiger partial charge in [-0.1, -0.05) is 57.4 Å². The van der Waals surface area contributed by atoms with Crippen LogP contribution in [0.3, 0.4) is 0 Å². The molecule has 0 unspecified atom stereocenters. The van der Waals surface area contributed by atoms with Crippen molar-refractivity contribution in [2.75, 3.05) is 13.6 Å². The first kappa shape index (κ1) is 16.5. The summed E-state index contributed by atoms with van der Waals surface area (Å²) in [6.45, 7) is 7.67. The summed E-state index contributed by atoms with van der Waals surface area (Å²) in [5.41, 5.74) is 2.86. The highest BCUT2D eigenvalue weighted by atomic mass is 15.1. The molecule has 2 nitrogen and oxygen atoms in total. The zero-order valence-electron chi connectivity index (χ0n) is 14.1. The summed E-state index contributed by atoms with van der Waals surface area (Å²) in [6, 6.07) is 9.87. The lowest BCUT2D eigenvalue weighted by Crippen LogP contribution is -2.32. The van der Waals surface area contributed by atoms with Crippen LogP contribution in [0.2, 0.25) is 0 Å². The fourth-order valence-electron chi connectivity index (χ4n) is 3.28. The van der Waals surface area contributed by atoms with Gasteiger partial charge in [-0.15, -0.1) is 0 Å². The molecule has 0 aromatic heterocycles. The van der Waals surface area contributed by atoms with Gasteiger partial charge in [-0.25, -0.2) is 0 Å². The van der Waals surface area contributed by atoms with Crippen LogP contribution in [0.15, 0.2) is 24.3 Å². The molecular formula is C19H32N2. The van der Waals surface area contributed by atoms with Crippen LogP contribution in [0.25, 0.3) is 0 Å². The minimum Gasteiger partial charge on any atom is -0.312 e. The smallest absolute Gasteiger partial charge is 0.0233 e. The van der Waals surface area contributed by atoms with E-state index in [9.17, 15) is 0 Å². The van der Waals surface area contributed by atoms with E-state index in [1.54, 1.807) is 0 Å². The Bertz CT molecular complexity index is 408. The maximum absolute atomic E-state index is 3.53. The van der Waals surface area contributed by atoms with E-state index in [4.69, 9.17) is 0 Å². The number of nitrogens with one attached hydrogen (secondary N) is 1. The van der Waals surface area contributed by atoms with Crippen LogP contribution < -0.4 is 5.32 Å². The standard InChI is InChI=1S/C19H32N2/c1-16(2)13-20-14-17-8-7-9-18(12-17)15-21(3)19-10-5-4-6-11-19/h7-9,12,16,19-20H,4-6,10-11,13-15H2,1-3H3. The quantitative estimate of drug-likeness (QED) is 0.809.